The minimum absolute atomic E-state index is 0.232. The molecule has 0 saturated heterocycles. The van der Waals surface area contributed by atoms with Crippen molar-refractivity contribution in [2.45, 2.75) is 6.61 Å². The predicted molar refractivity (Wildman–Crippen MR) is 119 cm³/mol. The fraction of sp³-hybridized carbons (Fsp3) is 0.0435. The van der Waals surface area contributed by atoms with Crippen LogP contribution in [0.3, 0.4) is 0 Å². The molecule has 0 radical (unpaired) electrons. The Balaban J connectivity index is 1.82. The van der Waals surface area contributed by atoms with Crippen molar-refractivity contribution in [2.75, 3.05) is 0 Å². The molecule has 1 amide bonds. The zero-order valence-corrected chi connectivity index (χ0v) is 17.5. The summed E-state index contributed by atoms with van der Waals surface area (Å²) in [7, 11) is 0. The first-order valence-electron chi connectivity index (χ1n) is 8.81. The average Bonchev–Trinajstić information content (AvgIpc) is 2.74. The van der Waals surface area contributed by atoms with Crippen molar-refractivity contribution in [3.8, 4) is 5.75 Å². The summed E-state index contributed by atoms with van der Waals surface area (Å²) in [4.78, 5) is 24.0. The normalized spacial score (nSPS) is 11.0. The predicted octanol–water partition coefficient (Wildman–Crippen LogP) is 4.73. The van der Waals surface area contributed by atoms with Gasteiger partial charge in [-0.3, -0.25) is 4.79 Å². The quantitative estimate of drug-likeness (QED) is 0.364. The van der Waals surface area contributed by atoms with Gasteiger partial charge in [-0.05, 0) is 52.9 Å². The van der Waals surface area contributed by atoms with Gasteiger partial charge in [-0.1, -0.05) is 54.6 Å². The van der Waals surface area contributed by atoms with Gasteiger partial charge in [0.2, 0.25) is 0 Å². The maximum absolute atomic E-state index is 12.3. The van der Waals surface area contributed by atoms with E-state index in [0.717, 1.165) is 9.13 Å². The van der Waals surface area contributed by atoms with Gasteiger partial charge in [-0.2, -0.15) is 0 Å². The number of amides is 1. The highest BCUT2D eigenvalue weighted by molar-refractivity contribution is 14.1. The Morgan fingerprint density at radius 3 is 2.31 bits per heavy atom. The number of carbonyl (C=O) groups is 2. The summed E-state index contributed by atoms with van der Waals surface area (Å²) in [5.41, 5.74) is 1.74. The summed E-state index contributed by atoms with van der Waals surface area (Å²) in [5.74, 6) is -1.20. The molecule has 2 N–H and O–H groups in total. The number of rotatable bonds is 7. The number of carboxylic acids is 1. The van der Waals surface area contributed by atoms with Crippen LogP contribution in [0, 0.1) is 3.57 Å². The van der Waals surface area contributed by atoms with Crippen LogP contribution in [0.25, 0.3) is 6.08 Å². The van der Waals surface area contributed by atoms with Crippen molar-refractivity contribution >= 4 is 40.5 Å². The lowest BCUT2D eigenvalue weighted by molar-refractivity contribution is -0.132. The molecular formula is C23H18INO4. The molecular weight excluding hydrogens is 481 g/mol. The number of halogens is 1. The van der Waals surface area contributed by atoms with Gasteiger partial charge in [0.05, 0.1) is 0 Å². The fourth-order valence-electron chi connectivity index (χ4n) is 2.59. The molecule has 0 bridgehead atoms. The lowest BCUT2D eigenvalue weighted by atomic mass is 10.1. The zero-order chi connectivity index (χ0) is 20.6. The second kappa shape index (κ2) is 9.88. The number of hydrogen-bond acceptors (Lipinski definition) is 3. The number of ether oxygens (including phenoxy) is 1. The van der Waals surface area contributed by atoms with Gasteiger partial charge in [-0.15, -0.1) is 0 Å². The fourth-order valence-corrected chi connectivity index (χ4v) is 3.14. The molecule has 146 valence electrons. The minimum Gasteiger partial charge on any atom is -0.488 e. The van der Waals surface area contributed by atoms with Crippen LogP contribution in [-0.4, -0.2) is 17.0 Å². The van der Waals surface area contributed by atoms with Gasteiger partial charge >= 0.3 is 5.97 Å². The third-order valence-electron chi connectivity index (χ3n) is 4.07. The highest BCUT2D eigenvalue weighted by atomic mass is 127. The molecule has 0 aliphatic heterocycles. The molecule has 5 nitrogen and oxygen atoms in total. The maximum atomic E-state index is 12.3. The summed E-state index contributed by atoms with van der Waals surface area (Å²) in [6, 6.07) is 23.4. The molecule has 3 aromatic rings. The molecule has 3 rings (SSSR count). The highest BCUT2D eigenvalue weighted by Crippen LogP contribution is 2.23. The van der Waals surface area contributed by atoms with E-state index in [9.17, 15) is 14.7 Å². The maximum Gasteiger partial charge on any atom is 0.352 e. The Hall–Kier alpha value is -3.13. The number of nitrogens with one attached hydrogen (secondary N) is 1. The van der Waals surface area contributed by atoms with E-state index >= 15 is 0 Å². The first-order chi connectivity index (χ1) is 14.0. The Morgan fingerprint density at radius 1 is 0.931 bits per heavy atom. The van der Waals surface area contributed by atoms with E-state index in [2.05, 4.69) is 27.9 Å². The summed E-state index contributed by atoms with van der Waals surface area (Å²) in [6.07, 6.45) is 1.40. The molecule has 0 spiro atoms. The molecule has 0 heterocycles. The van der Waals surface area contributed by atoms with E-state index in [-0.39, 0.29) is 5.70 Å². The van der Waals surface area contributed by atoms with Crippen LogP contribution in [0.2, 0.25) is 0 Å². The molecule has 3 aromatic carbocycles. The van der Waals surface area contributed by atoms with Gasteiger partial charge in [-0.25, -0.2) is 4.79 Å². The molecule has 0 aromatic heterocycles. The van der Waals surface area contributed by atoms with Crippen LogP contribution in [-0.2, 0) is 11.4 Å². The van der Waals surface area contributed by atoms with Crippen LogP contribution in [0.1, 0.15) is 21.5 Å². The number of para-hydroxylation sites is 1. The lowest BCUT2D eigenvalue weighted by Crippen LogP contribution is -2.27. The first kappa shape index (κ1) is 20.6. The Kier molecular flexibility index (Phi) is 7.02. The molecule has 0 atom stereocenters. The molecule has 6 heteroatoms. The molecule has 0 aliphatic rings. The summed E-state index contributed by atoms with van der Waals surface area (Å²) < 4.78 is 7.00. The minimum atomic E-state index is -1.23. The smallest absolute Gasteiger partial charge is 0.352 e. The van der Waals surface area contributed by atoms with Crippen molar-refractivity contribution < 1.29 is 19.4 Å². The number of carbonyl (C=O) groups excluding carboxylic acids is 1. The van der Waals surface area contributed by atoms with Gasteiger partial charge in [0.25, 0.3) is 5.91 Å². The van der Waals surface area contributed by atoms with Crippen LogP contribution in [0.15, 0.2) is 84.6 Å². The number of benzene rings is 3. The SMILES string of the molecule is O=C(O)/C(=C\c1ccccc1OCc1ccccc1I)NC(=O)c1ccccc1. The summed E-state index contributed by atoms with van der Waals surface area (Å²) >= 11 is 2.24. The van der Waals surface area contributed by atoms with Crippen molar-refractivity contribution in [3.05, 3.63) is 105 Å². The standard InChI is InChI=1S/C23H18INO4/c24-19-12-6-4-11-18(19)15-29-21-13-7-5-10-17(21)14-20(23(27)28)25-22(26)16-8-2-1-3-9-16/h1-14H,15H2,(H,25,26)(H,27,28)/b20-14+. The van der Waals surface area contributed by atoms with E-state index in [1.54, 1.807) is 48.5 Å². The third-order valence-corrected chi connectivity index (χ3v) is 5.13. The second-order valence-electron chi connectivity index (χ2n) is 6.10. The molecule has 0 fully saturated rings. The largest absolute Gasteiger partial charge is 0.488 e. The monoisotopic (exact) mass is 499 g/mol. The third kappa shape index (κ3) is 5.68. The van der Waals surface area contributed by atoms with Crippen molar-refractivity contribution in [1.82, 2.24) is 5.32 Å². The average molecular weight is 499 g/mol. The number of carboxylic acid groups (broad SMARTS) is 1. The van der Waals surface area contributed by atoms with Gasteiger partial charge in [0, 0.05) is 20.3 Å². The van der Waals surface area contributed by atoms with Crippen LogP contribution in [0.4, 0.5) is 0 Å². The highest BCUT2D eigenvalue weighted by Gasteiger charge is 2.14. The van der Waals surface area contributed by atoms with Crippen molar-refractivity contribution in [1.29, 1.82) is 0 Å². The zero-order valence-electron chi connectivity index (χ0n) is 15.3. The first-order valence-corrected chi connectivity index (χ1v) is 9.89. The molecule has 0 aliphatic carbocycles. The van der Waals surface area contributed by atoms with Gasteiger partial charge < -0.3 is 15.2 Å². The number of hydrogen-bond donors (Lipinski definition) is 2. The Morgan fingerprint density at radius 2 is 1.59 bits per heavy atom. The summed E-state index contributed by atoms with van der Waals surface area (Å²) in [5, 5.41) is 12.0. The Labute approximate surface area is 182 Å². The van der Waals surface area contributed by atoms with Gasteiger partial charge in [0.15, 0.2) is 0 Å². The second-order valence-corrected chi connectivity index (χ2v) is 7.26. The van der Waals surface area contributed by atoms with Crippen molar-refractivity contribution in [2.24, 2.45) is 0 Å². The lowest BCUT2D eigenvalue weighted by Gasteiger charge is -2.12. The topological polar surface area (TPSA) is 75.6 Å². The van der Waals surface area contributed by atoms with E-state index in [4.69, 9.17) is 4.74 Å². The van der Waals surface area contributed by atoms with E-state index in [1.165, 1.54) is 6.08 Å². The van der Waals surface area contributed by atoms with Gasteiger partial charge in [0.1, 0.15) is 18.1 Å². The molecule has 29 heavy (non-hydrogen) atoms. The van der Waals surface area contributed by atoms with E-state index in [0.29, 0.717) is 23.5 Å². The van der Waals surface area contributed by atoms with Crippen molar-refractivity contribution in [3.63, 3.8) is 0 Å². The Bertz CT molecular complexity index is 1050. The van der Waals surface area contributed by atoms with Crippen LogP contribution < -0.4 is 10.1 Å². The van der Waals surface area contributed by atoms with Crippen LogP contribution in [0.5, 0.6) is 5.75 Å². The number of aliphatic carboxylic acids is 1. The van der Waals surface area contributed by atoms with Crippen LogP contribution >= 0.6 is 22.6 Å². The molecule has 0 unspecified atom stereocenters. The summed E-state index contributed by atoms with van der Waals surface area (Å²) in [6.45, 7) is 0.350. The van der Waals surface area contributed by atoms with E-state index in [1.807, 2.05) is 30.3 Å². The molecule has 0 saturated carbocycles. The van der Waals surface area contributed by atoms with E-state index < -0.39 is 11.9 Å².